The van der Waals surface area contributed by atoms with E-state index in [1.54, 1.807) is 41.5 Å². The lowest BCUT2D eigenvalue weighted by Crippen LogP contribution is -2.44. The van der Waals surface area contributed by atoms with Gasteiger partial charge in [-0.1, -0.05) is 10.3 Å². The van der Waals surface area contributed by atoms with Gasteiger partial charge in [-0.2, -0.15) is 4.90 Å². The fraction of sp³-hybridized carbons (Fsp3) is 0.565. The molecule has 0 atom stereocenters. The molecule has 2 aromatic rings. The number of benzene rings is 1. The molecule has 0 aliphatic carbocycles. The molecule has 1 aliphatic rings. The highest BCUT2D eigenvalue weighted by molar-refractivity contribution is 8.13. The van der Waals surface area contributed by atoms with Crippen LogP contribution in [0.25, 0.3) is 11.0 Å². The summed E-state index contributed by atoms with van der Waals surface area (Å²) in [6, 6.07) is 2.41. The molecule has 1 aliphatic heterocycles. The van der Waals surface area contributed by atoms with E-state index in [9.17, 15) is 9.59 Å². The van der Waals surface area contributed by atoms with Gasteiger partial charge in [-0.3, -0.25) is 0 Å². The summed E-state index contributed by atoms with van der Waals surface area (Å²) in [5, 5.41) is 9.31. The molecular weight excluding hydrogens is 465 g/mol. The molecule has 11 heteroatoms. The second-order valence-corrected chi connectivity index (χ2v) is 11.6. The molecule has 9 nitrogen and oxygen atoms in total. The summed E-state index contributed by atoms with van der Waals surface area (Å²) >= 11 is 1.42. The van der Waals surface area contributed by atoms with Crippen LogP contribution in [0.2, 0.25) is 0 Å². The lowest BCUT2D eigenvalue weighted by Gasteiger charge is -2.28. The highest BCUT2D eigenvalue weighted by Crippen LogP contribution is 2.34. The molecule has 1 aromatic heterocycles. The van der Waals surface area contributed by atoms with Crippen molar-refractivity contribution in [1.82, 2.24) is 5.16 Å². The molecule has 34 heavy (non-hydrogen) atoms. The number of fused-ring (bicyclic) bond motifs is 1. The van der Waals surface area contributed by atoms with Gasteiger partial charge in [-0.15, -0.1) is 11.8 Å². The summed E-state index contributed by atoms with van der Waals surface area (Å²) in [6.45, 7) is 13.7. The van der Waals surface area contributed by atoms with Crippen molar-refractivity contribution >= 4 is 45.6 Å². The number of carbonyl (C=O) groups excluding carboxylic acids is 2. The Bertz CT molecular complexity index is 1100. The number of ether oxygens (including phenoxy) is 2. The highest BCUT2D eigenvalue weighted by atomic mass is 32.2. The Kier molecular flexibility index (Phi) is 6.89. The van der Waals surface area contributed by atoms with E-state index in [4.69, 9.17) is 18.8 Å². The van der Waals surface area contributed by atoms with Crippen molar-refractivity contribution in [3.8, 4) is 0 Å². The number of hydrogen-bond acceptors (Lipinski definition) is 9. The average Bonchev–Trinajstić information content (AvgIpc) is 3.19. The van der Waals surface area contributed by atoms with Gasteiger partial charge in [0.1, 0.15) is 33.4 Å². The number of rotatable bonds is 3. The standard InChI is InChI=1S/C23H30FN3O6S/c1-21(2,3)30-19(28)27(20(29)31-22(4,5)6)16-10-17-13(9-14(16)24)15(25-32-17)12-34-18-11-23(7,8)33-26-18/h9-10H,11-12H2,1-8H3. The third-order valence-electron chi connectivity index (χ3n) is 4.35. The summed E-state index contributed by atoms with van der Waals surface area (Å²) in [5.74, 6) is -0.451. The molecule has 0 unspecified atom stereocenters. The van der Waals surface area contributed by atoms with E-state index < -0.39 is 29.2 Å². The number of imide groups is 1. The Hall–Kier alpha value is -2.82. The number of carbonyl (C=O) groups is 2. The zero-order valence-electron chi connectivity index (χ0n) is 20.6. The van der Waals surface area contributed by atoms with Crippen LogP contribution >= 0.6 is 11.8 Å². The Morgan fingerprint density at radius 2 is 1.71 bits per heavy atom. The summed E-state index contributed by atoms with van der Waals surface area (Å²) in [5.41, 5.74) is -1.86. The topological polar surface area (TPSA) is 103 Å². The van der Waals surface area contributed by atoms with Crippen LogP contribution in [0.1, 0.15) is 67.5 Å². The number of hydrogen-bond donors (Lipinski definition) is 0. The van der Waals surface area contributed by atoms with Crippen molar-refractivity contribution < 1.29 is 32.8 Å². The lowest BCUT2D eigenvalue weighted by atomic mass is 10.1. The van der Waals surface area contributed by atoms with Crippen LogP contribution in [0.3, 0.4) is 0 Å². The van der Waals surface area contributed by atoms with Crippen LogP contribution in [-0.4, -0.2) is 39.2 Å². The number of aromatic nitrogens is 1. The number of nitrogens with zero attached hydrogens (tertiary/aromatic N) is 3. The van der Waals surface area contributed by atoms with Crippen LogP contribution in [0.5, 0.6) is 0 Å². The SMILES string of the molecule is CC(C)(C)OC(=O)N(C(=O)OC(C)(C)C)c1cc2onc(CSC3=NOC(C)(C)C3)c2cc1F. The molecule has 2 amide bonds. The van der Waals surface area contributed by atoms with E-state index >= 15 is 4.39 Å². The number of oxime groups is 1. The minimum atomic E-state index is -1.07. The first-order chi connectivity index (χ1) is 15.5. The monoisotopic (exact) mass is 495 g/mol. The minimum absolute atomic E-state index is 0.203. The second kappa shape index (κ2) is 9.09. The predicted molar refractivity (Wildman–Crippen MR) is 127 cm³/mol. The molecule has 0 fully saturated rings. The number of amides is 2. The molecule has 0 N–H and O–H groups in total. The van der Waals surface area contributed by atoms with Gasteiger partial charge in [0.25, 0.3) is 0 Å². The molecule has 0 saturated carbocycles. The first-order valence-corrected chi connectivity index (χ1v) is 11.7. The maximum absolute atomic E-state index is 15.3. The van der Waals surface area contributed by atoms with E-state index in [-0.39, 0.29) is 16.9 Å². The van der Waals surface area contributed by atoms with Crippen LogP contribution in [0, 0.1) is 5.82 Å². The van der Waals surface area contributed by atoms with Gasteiger partial charge >= 0.3 is 12.2 Å². The summed E-state index contributed by atoms with van der Waals surface area (Å²) in [4.78, 5) is 31.6. The first-order valence-electron chi connectivity index (χ1n) is 10.8. The molecule has 2 heterocycles. The van der Waals surface area contributed by atoms with Crippen LogP contribution < -0.4 is 4.90 Å². The molecular formula is C23H30FN3O6S. The third-order valence-corrected chi connectivity index (χ3v) is 5.32. The van der Waals surface area contributed by atoms with Gasteiger partial charge in [-0.25, -0.2) is 14.0 Å². The zero-order chi connectivity index (χ0) is 25.5. The Morgan fingerprint density at radius 1 is 1.12 bits per heavy atom. The van der Waals surface area contributed by atoms with Gasteiger partial charge < -0.3 is 18.8 Å². The minimum Gasteiger partial charge on any atom is -0.443 e. The zero-order valence-corrected chi connectivity index (χ0v) is 21.5. The van der Waals surface area contributed by atoms with E-state index in [0.29, 0.717) is 28.2 Å². The Labute approximate surface area is 201 Å². The first kappa shape index (κ1) is 25.8. The summed E-state index contributed by atoms with van der Waals surface area (Å²) in [7, 11) is 0. The van der Waals surface area contributed by atoms with E-state index in [2.05, 4.69) is 10.3 Å². The van der Waals surface area contributed by atoms with Crippen molar-refractivity contribution in [2.75, 3.05) is 4.90 Å². The van der Waals surface area contributed by atoms with E-state index in [1.165, 1.54) is 23.9 Å². The normalized spacial score (nSPS) is 15.6. The Morgan fingerprint density at radius 3 is 2.21 bits per heavy atom. The van der Waals surface area contributed by atoms with Crippen molar-refractivity contribution in [2.24, 2.45) is 5.16 Å². The molecule has 186 valence electrons. The van der Waals surface area contributed by atoms with Gasteiger partial charge in [0.2, 0.25) is 0 Å². The molecule has 3 rings (SSSR count). The molecule has 0 spiro atoms. The van der Waals surface area contributed by atoms with E-state index in [1.807, 2.05) is 13.8 Å². The maximum atomic E-state index is 15.3. The van der Waals surface area contributed by atoms with Crippen LogP contribution in [0.4, 0.5) is 19.7 Å². The van der Waals surface area contributed by atoms with Gasteiger partial charge in [-0.05, 0) is 61.5 Å². The third kappa shape index (κ3) is 6.40. The molecule has 0 saturated heterocycles. The van der Waals surface area contributed by atoms with Crippen LogP contribution in [0.15, 0.2) is 21.8 Å². The largest absolute Gasteiger partial charge is 0.443 e. The van der Waals surface area contributed by atoms with Crippen molar-refractivity contribution in [3.05, 3.63) is 23.6 Å². The van der Waals surface area contributed by atoms with Crippen molar-refractivity contribution in [2.45, 2.75) is 84.4 Å². The lowest BCUT2D eigenvalue weighted by molar-refractivity contribution is 0.0123. The summed E-state index contributed by atoms with van der Waals surface area (Å²) in [6.07, 6.45) is -1.48. The van der Waals surface area contributed by atoms with Crippen LogP contribution in [-0.2, 0) is 20.1 Å². The maximum Gasteiger partial charge on any atom is 0.424 e. The van der Waals surface area contributed by atoms with E-state index in [0.717, 1.165) is 5.04 Å². The predicted octanol–water partition coefficient (Wildman–Crippen LogP) is 6.39. The fourth-order valence-corrected chi connectivity index (χ4v) is 4.04. The average molecular weight is 496 g/mol. The van der Waals surface area contributed by atoms with Crippen molar-refractivity contribution in [3.63, 3.8) is 0 Å². The Balaban J connectivity index is 1.91. The highest BCUT2D eigenvalue weighted by Gasteiger charge is 2.35. The van der Waals surface area contributed by atoms with Gasteiger partial charge in [0.15, 0.2) is 5.58 Å². The van der Waals surface area contributed by atoms with Gasteiger partial charge in [0, 0.05) is 23.6 Å². The molecule has 1 aromatic carbocycles. The molecule has 0 bridgehead atoms. The number of anilines is 1. The number of thioether (sulfide) groups is 1. The smallest absolute Gasteiger partial charge is 0.424 e. The second-order valence-electron chi connectivity index (χ2n) is 10.5. The molecule has 0 radical (unpaired) electrons. The quantitative estimate of drug-likeness (QED) is 0.482. The fourth-order valence-electron chi connectivity index (χ4n) is 2.99. The summed E-state index contributed by atoms with van der Waals surface area (Å²) < 4.78 is 31.3. The number of halogens is 1. The van der Waals surface area contributed by atoms with Gasteiger partial charge in [0.05, 0.1) is 5.69 Å². The van der Waals surface area contributed by atoms with Crippen molar-refractivity contribution in [1.29, 1.82) is 0 Å².